The van der Waals surface area contributed by atoms with Gasteiger partial charge in [0.25, 0.3) is 5.91 Å². The lowest BCUT2D eigenvalue weighted by atomic mass is 10.1. The minimum atomic E-state index is -0.454. The minimum Gasteiger partial charge on any atom is -0.325 e. The Kier molecular flexibility index (Phi) is 7.68. The summed E-state index contributed by atoms with van der Waals surface area (Å²) in [5.74, 6) is -0.291. The van der Waals surface area contributed by atoms with E-state index in [0.717, 1.165) is 16.0 Å². The molecule has 0 aromatic heterocycles. The van der Waals surface area contributed by atoms with Crippen LogP contribution in [0.25, 0.3) is 0 Å². The van der Waals surface area contributed by atoms with Crippen LogP contribution in [0, 0.1) is 6.92 Å². The van der Waals surface area contributed by atoms with Gasteiger partial charge in [-0.25, -0.2) is 0 Å². The fourth-order valence-corrected chi connectivity index (χ4v) is 4.45. The number of thioether (sulfide) groups is 1. The molecule has 4 aromatic rings. The smallest absolute Gasteiger partial charge is 0.255 e. The Labute approximate surface area is 208 Å². The monoisotopic (exact) mass is 486 g/mol. The molecule has 0 radical (unpaired) electrons. The maximum atomic E-state index is 13.2. The topological polar surface area (TPSA) is 58.2 Å². The lowest BCUT2D eigenvalue weighted by Crippen LogP contribution is -2.19. The van der Waals surface area contributed by atoms with E-state index >= 15 is 0 Å². The summed E-state index contributed by atoms with van der Waals surface area (Å²) in [5.41, 5.74) is 3.98. The largest absolute Gasteiger partial charge is 0.325 e. The summed E-state index contributed by atoms with van der Waals surface area (Å²) >= 11 is 7.40. The van der Waals surface area contributed by atoms with Gasteiger partial charge in [-0.15, -0.1) is 11.8 Å². The van der Waals surface area contributed by atoms with E-state index in [1.807, 2.05) is 73.7 Å². The predicted octanol–water partition coefficient (Wildman–Crippen LogP) is 7.37. The number of hydrogen-bond donors (Lipinski definition) is 2. The van der Waals surface area contributed by atoms with Gasteiger partial charge in [0.15, 0.2) is 0 Å². The molecular formula is C28H23ClN2O2S. The van der Waals surface area contributed by atoms with Crippen LogP contribution in [0.1, 0.15) is 26.7 Å². The van der Waals surface area contributed by atoms with Gasteiger partial charge < -0.3 is 10.6 Å². The van der Waals surface area contributed by atoms with Crippen LogP contribution in [-0.4, -0.2) is 11.8 Å². The summed E-state index contributed by atoms with van der Waals surface area (Å²) < 4.78 is 0. The first-order valence-electron chi connectivity index (χ1n) is 10.7. The molecule has 4 nitrogen and oxygen atoms in total. The van der Waals surface area contributed by atoms with Crippen LogP contribution in [0.3, 0.4) is 0 Å². The second kappa shape index (κ2) is 11.1. The van der Waals surface area contributed by atoms with E-state index in [0.29, 0.717) is 22.0 Å². The molecule has 4 rings (SSSR count). The number of aryl methyl sites for hydroxylation is 1. The highest BCUT2D eigenvalue weighted by Crippen LogP contribution is 2.36. The average molecular weight is 487 g/mol. The van der Waals surface area contributed by atoms with Gasteiger partial charge in [-0.2, -0.15) is 0 Å². The van der Waals surface area contributed by atoms with Crippen LogP contribution < -0.4 is 10.6 Å². The Morgan fingerprint density at radius 3 is 1.97 bits per heavy atom. The normalized spacial score (nSPS) is 11.5. The minimum absolute atomic E-state index is 0.129. The summed E-state index contributed by atoms with van der Waals surface area (Å²) in [6.45, 7) is 1.98. The van der Waals surface area contributed by atoms with Crippen LogP contribution in [0.2, 0.25) is 5.02 Å². The fraction of sp³-hybridized carbons (Fsp3) is 0.0714. The van der Waals surface area contributed by atoms with Crippen molar-refractivity contribution < 1.29 is 9.59 Å². The zero-order valence-electron chi connectivity index (χ0n) is 18.5. The van der Waals surface area contributed by atoms with Crippen molar-refractivity contribution >= 4 is 46.6 Å². The van der Waals surface area contributed by atoms with E-state index in [9.17, 15) is 9.59 Å². The second-order valence-corrected chi connectivity index (χ2v) is 9.36. The Bertz CT molecular complexity index is 1260. The zero-order chi connectivity index (χ0) is 23.9. The number of rotatable bonds is 7. The molecule has 0 spiro atoms. The Balaban J connectivity index is 1.47. The van der Waals surface area contributed by atoms with Crippen molar-refractivity contribution in [3.63, 3.8) is 0 Å². The highest BCUT2D eigenvalue weighted by molar-refractivity contribution is 8.00. The molecule has 1 atom stereocenters. The van der Waals surface area contributed by atoms with Gasteiger partial charge >= 0.3 is 0 Å². The van der Waals surface area contributed by atoms with E-state index in [-0.39, 0.29) is 11.8 Å². The Hall–Kier alpha value is -3.54. The van der Waals surface area contributed by atoms with Crippen molar-refractivity contribution in [2.45, 2.75) is 17.1 Å². The van der Waals surface area contributed by atoms with Gasteiger partial charge in [-0.05, 0) is 73.2 Å². The van der Waals surface area contributed by atoms with Crippen LogP contribution in [0.4, 0.5) is 11.4 Å². The van der Waals surface area contributed by atoms with Gasteiger partial charge in [-0.3, -0.25) is 9.59 Å². The molecule has 0 heterocycles. The number of hydrogen-bond acceptors (Lipinski definition) is 3. The van der Waals surface area contributed by atoms with E-state index in [2.05, 4.69) is 10.6 Å². The maximum Gasteiger partial charge on any atom is 0.255 e. The van der Waals surface area contributed by atoms with E-state index in [1.165, 1.54) is 11.8 Å². The van der Waals surface area contributed by atoms with Gasteiger partial charge in [0, 0.05) is 26.9 Å². The molecule has 34 heavy (non-hydrogen) atoms. The molecular weight excluding hydrogens is 464 g/mol. The predicted molar refractivity (Wildman–Crippen MR) is 141 cm³/mol. The molecule has 0 bridgehead atoms. The number of carbonyl (C=O) groups is 2. The number of amides is 2. The summed E-state index contributed by atoms with van der Waals surface area (Å²) in [6, 6.07) is 31.6. The SMILES string of the molecule is Cc1ccc(C(=O)Nc2ccc(SC(C(=O)Nc3ccc(Cl)cc3)c3ccccc3)cc2)cc1. The second-order valence-electron chi connectivity index (χ2n) is 7.75. The molecule has 0 aliphatic carbocycles. The molecule has 0 saturated heterocycles. The fourth-order valence-electron chi connectivity index (χ4n) is 3.30. The van der Waals surface area contributed by atoms with Crippen molar-refractivity contribution in [2.75, 3.05) is 10.6 Å². The Morgan fingerprint density at radius 2 is 1.32 bits per heavy atom. The van der Waals surface area contributed by atoms with E-state index < -0.39 is 5.25 Å². The first-order valence-corrected chi connectivity index (χ1v) is 12.0. The van der Waals surface area contributed by atoms with E-state index in [4.69, 9.17) is 11.6 Å². The van der Waals surface area contributed by atoms with Crippen molar-refractivity contribution in [2.24, 2.45) is 0 Å². The summed E-state index contributed by atoms with van der Waals surface area (Å²) in [7, 11) is 0. The van der Waals surface area contributed by atoms with Crippen LogP contribution in [-0.2, 0) is 4.79 Å². The molecule has 2 amide bonds. The quantitative estimate of drug-likeness (QED) is 0.268. The molecule has 4 aromatic carbocycles. The Morgan fingerprint density at radius 1 is 0.735 bits per heavy atom. The molecule has 0 fully saturated rings. The summed E-state index contributed by atoms with van der Waals surface area (Å²) in [6.07, 6.45) is 0. The van der Waals surface area contributed by atoms with Crippen molar-refractivity contribution in [3.8, 4) is 0 Å². The number of nitrogens with one attached hydrogen (secondary N) is 2. The average Bonchev–Trinajstić information content (AvgIpc) is 2.86. The van der Waals surface area contributed by atoms with E-state index in [1.54, 1.807) is 36.4 Å². The molecule has 1 unspecified atom stereocenters. The van der Waals surface area contributed by atoms with Gasteiger partial charge in [0.2, 0.25) is 5.91 Å². The zero-order valence-corrected chi connectivity index (χ0v) is 20.1. The van der Waals surface area contributed by atoms with Crippen molar-refractivity contribution in [3.05, 3.63) is 125 Å². The molecule has 0 saturated carbocycles. The number of halogens is 1. The maximum absolute atomic E-state index is 13.2. The third-order valence-corrected chi connectivity index (χ3v) is 6.65. The molecule has 2 N–H and O–H groups in total. The standard InChI is InChI=1S/C28H23ClN2O2S/c1-19-7-9-21(10-8-19)27(32)30-24-15-17-25(18-16-24)34-26(20-5-3-2-4-6-20)28(33)31-23-13-11-22(29)12-14-23/h2-18,26H,1H3,(H,30,32)(H,31,33). The third-order valence-electron chi connectivity index (χ3n) is 5.13. The van der Waals surface area contributed by atoms with Crippen molar-refractivity contribution in [1.82, 2.24) is 0 Å². The molecule has 0 aliphatic rings. The van der Waals surface area contributed by atoms with Crippen molar-refractivity contribution in [1.29, 1.82) is 0 Å². The summed E-state index contributed by atoms with van der Waals surface area (Å²) in [5, 5.41) is 6.04. The highest BCUT2D eigenvalue weighted by atomic mass is 35.5. The molecule has 0 aliphatic heterocycles. The van der Waals surface area contributed by atoms with Crippen LogP contribution >= 0.6 is 23.4 Å². The van der Waals surface area contributed by atoms with Gasteiger partial charge in [0.05, 0.1) is 0 Å². The number of carbonyl (C=O) groups excluding carboxylic acids is 2. The van der Waals surface area contributed by atoms with Gasteiger partial charge in [-0.1, -0.05) is 59.6 Å². The highest BCUT2D eigenvalue weighted by Gasteiger charge is 2.22. The molecule has 170 valence electrons. The van der Waals surface area contributed by atoms with Crippen LogP contribution in [0.5, 0.6) is 0 Å². The first kappa shape index (κ1) is 23.6. The third kappa shape index (κ3) is 6.28. The first-order chi connectivity index (χ1) is 16.5. The summed E-state index contributed by atoms with van der Waals surface area (Å²) in [4.78, 5) is 26.6. The lowest BCUT2D eigenvalue weighted by molar-refractivity contribution is -0.115. The lowest BCUT2D eigenvalue weighted by Gasteiger charge is -2.17. The number of anilines is 2. The number of benzene rings is 4. The van der Waals surface area contributed by atoms with Gasteiger partial charge in [0.1, 0.15) is 5.25 Å². The molecule has 6 heteroatoms. The van der Waals surface area contributed by atoms with Crippen LogP contribution in [0.15, 0.2) is 108 Å².